The molecule has 3 amide bonds. The van der Waals surface area contributed by atoms with Gasteiger partial charge >= 0.3 is 6.03 Å². The fourth-order valence-corrected chi connectivity index (χ4v) is 3.66. The molecule has 0 spiro atoms. The van der Waals surface area contributed by atoms with Crippen LogP contribution in [0.5, 0.6) is 0 Å². The fraction of sp³-hybridized carbons (Fsp3) is 0.0870. The molecule has 0 aliphatic heterocycles. The Morgan fingerprint density at radius 2 is 1.91 bits per heavy atom. The van der Waals surface area contributed by atoms with E-state index < -0.39 is 17.8 Å². The average Bonchev–Trinajstić information content (AvgIpc) is 3.12. The minimum atomic E-state index is -0.559. The zero-order valence-electron chi connectivity index (χ0n) is 17.0. The highest BCUT2D eigenvalue weighted by Gasteiger charge is 2.17. The third kappa shape index (κ3) is 4.26. The third-order valence-electron chi connectivity index (χ3n) is 4.97. The van der Waals surface area contributed by atoms with Gasteiger partial charge in [0, 0.05) is 30.2 Å². The summed E-state index contributed by atoms with van der Waals surface area (Å²) in [5.74, 6) is -1.09. The van der Waals surface area contributed by atoms with Gasteiger partial charge in [-0.3, -0.25) is 9.48 Å². The average molecular weight is 452 g/mol. The van der Waals surface area contributed by atoms with E-state index in [0.29, 0.717) is 22.3 Å². The van der Waals surface area contributed by atoms with Gasteiger partial charge in [0.25, 0.3) is 0 Å². The van der Waals surface area contributed by atoms with Crippen LogP contribution in [0.25, 0.3) is 22.2 Å². The highest BCUT2D eigenvalue weighted by atomic mass is 35.5. The molecule has 3 aromatic carbocycles. The van der Waals surface area contributed by atoms with Gasteiger partial charge in [-0.05, 0) is 42.0 Å². The molecule has 0 bridgehead atoms. The van der Waals surface area contributed by atoms with Crippen LogP contribution in [0.2, 0.25) is 5.02 Å². The van der Waals surface area contributed by atoms with Crippen LogP contribution in [0.15, 0.2) is 60.7 Å². The van der Waals surface area contributed by atoms with Crippen LogP contribution in [0, 0.1) is 5.82 Å². The summed E-state index contributed by atoms with van der Waals surface area (Å²) in [6, 6.07) is 16.2. The van der Waals surface area contributed by atoms with Crippen molar-refractivity contribution >= 4 is 40.1 Å². The Labute approximate surface area is 188 Å². The predicted molar refractivity (Wildman–Crippen MR) is 122 cm³/mol. The number of amides is 3. The molecule has 4 N–H and O–H groups in total. The molecule has 0 atom stereocenters. The van der Waals surface area contributed by atoms with Crippen LogP contribution in [0.4, 0.5) is 14.9 Å². The number of hydrogen-bond acceptors (Lipinski definition) is 3. The van der Waals surface area contributed by atoms with Crippen LogP contribution in [0.1, 0.15) is 15.9 Å². The largest absolute Gasteiger partial charge is 0.366 e. The van der Waals surface area contributed by atoms with Crippen molar-refractivity contribution in [2.24, 2.45) is 12.8 Å². The van der Waals surface area contributed by atoms with Gasteiger partial charge in [-0.15, -0.1) is 0 Å². The summed E-state index contributed by atoms with van der Waals surface area (Å²) in [6.45, 7) is 0.238. The van der Waals surface area contributed by atoms with Crippen molar-refractivity contribution in [1.29, 1.82) is 0 Å². The number of carbonyl (C=O) groups is 2. The molecule has 162 valence electrons. The highest BCUT2D eigenvalue weighted by Crippen LogP contribution is 2.30. The van der Waals surface area contributed by atoms with Gasteiger partial charge in [-0.2, -0.15) is 5.10 Å². The second kappa shape index (κ2) is 8.68. The molecule has 1 aromatic heterocycles. The molecule has 0 radical (unpaired) electrons. The zero-order chi connectivity index (χ0) is 22.8. The van der Waals surface area contributed by atoms with Crippen LogP contribution < -0.4 is 16.4 Å². The van der Waals surface area contributed by atoms with Crippen LogP contribution >= 0.6 is 11.6 Å². The smallest absolute Gasteiger partial charge is 0.319 e. The molecule has 0 aliphatic carbocycles. The molecule has 1 heterocycles. The normalized spacial score (nSPS) is 10.8. The predicted octanol–water partition coefficient (Wildman–Crippen LogP) is 4.45. The number of fused-ring (bicyclic) bond motifs is 1. The monoisotopic (exact) mass is 451 g/mol. The number of rotatable bonds is 5. The standard InChI is InChI=1S/C23H19ClFN5O2/c1-30-19-7-3-6-16(22(26)31)20(19)21(29-30)14-5-2-4-13(10-14)12-27-23(32)28-15-8-9-18(25)17(24)11-15/h2-11H,12H2,1H3,(H2,26,31)(H2,27,28,32). The lowest BCUT2D eigenvalue weighted by Gasteiger charge is -2.09. The molecule has 0 aliphatic rings. The molecule has 9 heteroatoms. The number of nitrogens with zero attached hydrogens (tertiary/aromatic N) is 2. The molecule has 0 saturated heterocycles. The third-order valence-corrected chi connectivity index (χ3v) is 5.26. The number of primary amides is 1. The van der Waals surface area contributed by atoms with E-state index in [-0.39, 0.29) is 11.6 Å². The van der Waals surface area contributed by atoms with Crippen molar-refractivity contribution < 1.29 is 14.0 Å². The van der Waals surface area contributed by atoms with Crippen molar-refractivity contribution in [3.05, 3.63) is 82.6 Å². The topological polar surface area (TPSA) is 102 Å². The lowest BCUT2D eigenvalue weighted by atomic mass is 10.0. The number of aromatic nitrogens is 2. The molecule has 32 heavy (non-hydrogen) atoms. The summed E-state index contributed by atoms with van der Waals surface area (Å²) >= 11 is 5.74. The second-order valence-electron chi connectivity index (χ2n) is 7.17. The minimum absolute atomic E-state index is 0.0755. The second-order valence-corrected chi connectivity index (χ2v) is 7.58. The first-order chi connectivity index (χ1) is 15.3. The minimum Gasteiger partial charge on any atom is -0.366 e. The Morgan fingerprint density at radius 1 is 1.12 bits per heavy atom. The van der Waals surface area contributed by atoms with Gasteiger partial charge in [0.1, 0.15) is 11.5 Å². The summed E-state index contributed by atoms with van der Waals surface area (Å²) in [5, 5.41) is 10.5. The SMILES string of the molecule is Cn1nc(-c2cccc(CNC(=O)Nc3ccc(F)c(Cl)c3)c2)c2c(C(N)=O)cccc21. The van der Waals surface area contributed by atoms with Gasteiger partial charge < -0.3 is 16.4 Å². The number of urea groups is 1. The lowest BCUT2D eigenvalue weighted by molar-refractivity contribution is 0.100. The molecular weight excluding hydrogens is 433 g/mol. The van der Waals surface area contributed by atoms with Crippen molar-refractivity contribution in [3.8, 4) is 11.3 Å². The number of aryl methyl sites for hydroxylation is 1. The van der Waals surface area contributed by atoms with Crippen molar-refractivity contribution in [2.45, 2.75) is 6.54 Å². The molecular formula is C23H19ClFN5O2. The lowest BCUT2D eigenvalue weighted by Crippen LogP contribution is -2.28. The summed E-state index contributed by atoms with van der Waals surface area (Å²) in [5.41, 5.74) is 9.37. The Kier molecular flexibility index (Phi) is 5.79. The van der Waals surface area contributed by atoms with Crippen LogP contribution in [0.3, 0.4) is 0 Å². The molecule has 4 aromatic rings. The van der Waals surface area contributed by atoms with Gasteiger partial charge in [-0.25, -0.2) is 9.18 Å². The number of nitrogens with two attached hydrogens (primary N) is 1. The van der Waals surface area contributed by atoms with E-state index in [0.717, 1.165) is 16.6 Å². The first kappa shape index (κ1) is 21.3. The van der Waals surface area contributed by atoms with E-state index in [1.807, 2.05) is 30.3 Å². The number of hydrogen-bond donors (Lipinski definition) is 3. The zero-order valence-corrected chi connectivity index (χ0v) is 17.8. The number of benzene rings is 3. The molecule has 0 saturated carbocycles. The fourth-order valence-electron chi connectivity index (χ4n) is 3.48. The Bertz CT molecular complexity index is 1350. The summed E-state index contributed by atoms with van der Waals surface area (Å²) in [4.78, 5) is 24.2. The summed E-state index contributed by atoms with van der Waals surface area (Å²) < 4.78 is 15.0. The Balaban J connectivity index is 1.55. The number of halogens is 2. The Hall–Kier alpha value is -3.91. The maximum Gasteiger partial charge on any atom is 0.319 e. The van der Waals surface area contributed by atoms with Gasteiger partial charge in [0.05, 0.1) is 16.1 Å². The molecule has 0 fully saturated rings. The van der Waals surface area contributed by atoms with E-state index in [2.05, 4.69) is 15.7 Å². The van der Waals surface area contributed by atoms with E-state index in [4.69, 9.17) is 17.3 Å². The quantitative estimate of drug-likeness (QED) is 0.417. The van der Waals surface area contributed by atoms with Crippen molar-refractivity contribution in [3.63, 3.8) is 0 Å². The summed E-state index contributed by atoms with van der Waals surface area (Å²) in [6.07, 6.45) is 0. The maximum atomic E-state index is 13.3. The van der Waals surface area contributed by atoms with Gasteiger partial charge in [0.2, 0.25) is 5.91 Å². The van der Waals surface area contributed by atoms with Crippen molar-refractivity contribution in [2.75, 3.05) is 5.32 Å². The van der Waals surface area contributed by atoms with Crippen LogP contribution in [-0.2, 0) is 13.6 Å². The molecule has 4 rings (SSSR count). The van der Waals surface area contributed by atoms with Gasteiger partial charge in [-0.1, -0.05) is 35.9 Å². The summed E-state index contributed by atoms with van der Waals surface area (Å²) in [7, 11) is 1.80. The number of carbonyl (C=O) groups excluding carboxylic acids is 2. The number of nitrogens with one attached hydrogen (secondary N) is 2. The van der Waals surface area contributed by atoms with E-state index in [1.54, 1.807) is 23.9 Å². The van der Waals surface area contributed by atoms with E-state index >= 15 is 0 Å². The Morgan fingerprint density at radius 3 is 2.66 bits per heavy atom. The molecule has 0 unspecified atom stereocenters. The number of anilines is 1. The first-order valence-corrected chi connectivity index (χ1v) is 10.1. The first-order valence-electron chi connectivity index (χ1n) is 9.68. The van der Waals surface area contributed by atoms with Crippen LogP contribution in [-0.4, -0.2) is 21.7 Å². The van der Waals surface area contributed by atoms with E-state index in [1.165, 1.54) is 18.2 Å². The van der Waals surface area contributed by atoms with Crippen molar-refractivity contribution in [1.82, 2.24) is 15.1 Å². The van der Waals surface area contributed by atoms with Gasteiger partial charge in [0.15, 0.2) is 0 Å². The molecule has 7 nitrogen and oxygen atoms in total. The van der Waals surface area contributed by atoms with E-state index in [9.17, 15) is 14.0 Å². The maximum absolute atomic E-state index is 13.3. The highest BCUT2D eigenvalue weighted by molar-refractivity contribution is 6.31.